The maximum absolute atomic E-state index is 12.5. The summed E-state index contributed by atoms with van der Waals surface area (Å²) in [4.78, 5) is 2.09. The van der Waals surface area contributed by atoms with Crippen LogP contribution < -0.4 is 9.47 Å². The van der Waals surface area contributed by atoms with E-state index in [1.54, 1.807) is 0 Å². The summed E-state index contributed by atoms with van der Waals surface area (Å²) in [7, 11) is 4.05. The molecule has 0 spiro atoms. The van der Waals surface area contributed by atoms with E-state index in [2.05, 4.69) is 24.0 Å². The number of hydrogen-bond acceptors (Lipinski definition) is 4. The van der Waals surface area contributed by atoms with E-state index in [4.69, 9.17) is 9.47 Å². The topological polar surface area (TPSA) is 41.9 Å². The fourth-order valence-corrected chi connectivity index (χ4v) is 4.72. The van der Waals surface area contributed by atoms with Gasteiger partial charge in [-0.1, -0.05) is 91.9 Å². The van der Waals surface area contributed by atoms with Gasteiger partial charge in [-0.2, -0.15) is 0 Å². The maximum Gasteiger partial charge on any atom is 0.121 e. The van der Waals surface area contributed by atoms with E-state index in [-0.39, 0.29) is 5.92 Å². The predicted molar refractivity (Wildman–Crippen MR) is 150 cm³/mol. The Bertz CT molecular complexity index is 1210. The molecule has 4 aromatic rings. The number of hydrogen-bond donors (Lipinski definition) is 1. The van der Waals surface area contributed by atoms with Crippen LogP contribution in [-0.2, 0) is 12.2 Å². The number of aliphatic hydroxyl groups is 1. The van der Waals surface area contributed by atoms with Gasteiger partial charge >= 0.3 is 0 Å². The van der Waals surface area contributed by atoms with Crippen LogP contribution in [0.25, 0.3) is 0 Å². The summed E-state index contributed by atoms with van der Waals surface area (Å²) in [6.07, 6.45) is 0.772. The Kier molecular flexibility index (Phi) is 8.99. The Hall–Kier alpha value is -3.60. The highest BCUT2D eigenvalue weighted by Crippen LogP contribution is 2.45. The quantitative estimate of drug-likeness (QED) is 0.239. The molecule has 4 nitrogen and oxygen atoms in total. The molecular weight excluding hydrogens is 458 g/mol. The van der Waals surface area contributed by atoms with Crippen LogP contribution in [0.2, 0.25) is 0 Å². The number of ether oxygens (including phenoxy) is 2. The summed E-state index contributed by atoms with van der Waals surface area (Å²) in [5.74, 6) is 1.43. The largest absolute Gasteiger partial charge is 0.492 e. The van der Waals surface area contributed by atoms with Crippen molar-refractivity contribution in [3.63, 3.8) is 0 Å². The van der Waals surface area contributed by atoms with Gasteiger partial charge in [-0.25, -0.2) is 0 Å². The van der Waals surface area contributed by atoms with Crippen molar-refractivity contribution in [1.82, 2.24) is 4.90 Å². The minimum Gasteiger partial charge on any atom is -0.492 e. The molecule has 0 aliphatic heterocycles. The zero-order chi connectivity index (χ0) is 26.1. The lowest BCUT2D eigenvalue weighted by Crippen LogP contribution is -2.34. The fraction of sp³-hybridized carbons (Fsp3) is 0.273. The van der Waals surface area contributed by atoms with Crippen LogP contribution in [0.5, 0.6) is 11.5 Å². The van der Waals surface area contributed by atoms with Crippen molar-refractivity contribution in [1.29, 1.82) is 0 Å². The van der Waals surface area contributed by atoms with Crippen molar-refractivity contribution in [2.45, 2.75) is 31.5 Å². The summed E-state index contributed by atoms with van der Waals surface area (Å²) in [6.45, 7) is 4.08. The van der Waals surface area contributed by atoms with Crippen molar-refractivity contribution < 1.29 is 14.6 Å². The second-order valence-corrected chi connectivity index (χ2v) is 9.61. The van der Waals surface area contributed by atoms with Gasteiger partial charge in [0, 0.05) is 12.5 Å². The molecule has 0 bridgehead atoms. The molecule has 192 valence electrons. The summed E-state index contributed by atoms with van der Waals surface area (Å²) in [5, 5.41) is 12.5. The van der Waals surface area contributed by atoms with Gasteiger partial charge in [-0.3, -0.25) is 0 Å². The minimum absolute atomic E-state index is 0.134. The van der Waals surface area contributed by atoms with Gasteiger partial charge in [0.25, 0.3) is 0 Å². The van der Waals surface area contributed by atoms with Gasteiger partial charge < -0.3 is 19.5 Å². The summed E-state index contributed by atoms with van der Waals surface area (Å²) in [5.41, 5.74) is 2.66. The molecule has 2 unspecified atom stereocenters. The van der Waals surface area contributed by atoms with Crippen LogP contribution in [0.1, 0.15) is 41.5 Å². The fourth-order valence-electron chi connectivity index (χ4n) is 4.72. The van der Waals surface area contributed by atoms with Crippen LogP contribution in [0.3, 0.4) is 0 Å². The van der Waals surface area contributed by atoms with Gasteiger partial charge in [0.2, 0.25) is 0 Å². The van der Waals surface area contributed by atoms with Crippen LogP contribution in [0, 0.1) is 0 Å². The third-order valence-electron chi connectivity index (χ3n) is 6.76. The highest BCUT2D eigenvalue weighted by Gasteiger charge is 2.40. The summed E-state index contributed by atoms with van der Waals surface area (Å²) in [6, 6.07) is 36.1. The van der Waals surface area contributed by atoms with Crippen molar-refractivity contribution in [2.24, 2.45) is 0 Å². The molecule has 0 aromatic heterocycles. The Morgan fingerprint density at radius 3 is 1.73 bits per heavy atom. The number of nitrogens with zero attached hydrogens (tertiary/aromatic N) is 1. The van der Waals surface area contributed by atoms with Gasteiger partial charge in [0.15, 0.2) is 0 Å². The van der Waals surface area contributed by atoms with E-state index in [0.29, 0.717) is 13.2 Å². The minimum atomic E-state index is -1.23. The molecule has 4 aromatic carbocycles. The lowest BCUT2D eigenvalue weighted by Gasteiger charge is -2.37. The van der Waals surface area contributed by atoms with Gasteiger partial charge in [-0.15, -0.1) is 0 Å². The van der Waals surface area contributed by atoms with Crippen molar-refractivity contribution in [3.8, 4) is 11.5 Å². The molecule has 0 amide bonds. The van der Waals surface area contributed by atoms with Crippen LogP contribution in [-0.4, -0.2) is 37.3 Å². The highest BCUT2D eigenvalue weighted by molar-refractivity contribution is 5.45. The lowest BCUT2D eigenvalue weighted by molar-refractivity contribution is 0.0475. The zero-order valence-electron chi connectivity index (χ0n) is 22.0. The number of rotatable bonds is 12. The molecule has 0 aliphatic rings. The maximum atomic E-state index is 12.5. The molecule has 37 heavy (non-hydrogen) atoms. The third kappa shape index (κ3) is 6.59. The average molecular weight is 496 g/mol. The zero-order valence-corrected chi connectivity index (χ0v) is 22.0. The van der Waals surface area contributed by atoms with Crippen molar-refractivity contribution in [2.75, 3.05) is 27.2 Å². The molecule has 4 rings (SSSR count). The van der Waals surface area contributed by atoms with E-state index in [1.807, 2.05) is 111 Å². The molecule has 4 heteroatoms. The molecular formula is C33H37NO3. The Labute approximate surface area is 221 Å². The SMILES string of the molecule is CCC(c1ccccc1)C(O)(c1ccc(OCCN(C)C)cc1)c1ccc(OCc2ccccc2)cc1. The highest BCUT2D eigenvalue weighted by atomic mass is 16.5. The van der Waals surface area contributed by atoms with E-state index in [0.717, 1.165) is 46.7 Å². The smallest absolute Gasteiger partial charge is 0.121 e. The summed E-state index contributed by atoms with van der Waals surface area (Å²) >= 11 is 0. The first-order valence-electron chi connectivity index (χ1n) is 12.9. The van der Waals surface area contributed by atoms with Crippen LogP contribution >= 0.6 is 0 Å². The Balaban J connectivity index is 1.63. The number of likely N-dealkylation sites (N-methyl/N-ethyl adjacent to an activating group) is 1. The van der Waals surface area contributed by atoms with E-state index in [1.165, 1.54) is 0 Å². The van der Waals surface area contributed by atoms with Gasteiger partial charge in [-0.05, 0) is 67.0 Å². The first-order chi connectivity index (χ1) is 18.0. The van der Waals surface area contributed by atoms with Crippen LogP contribution in [0.15, 0.2) is 109 Å². The van der Waals surface area contributed by atoms with Gasteiger partial charge in [0.05, 0.1) is 0 Å². The third-order valence-corrected chi connectivity index (χ3v) is 6.76. The average Bonchev–Trinajstić information content (AvgIpc) is 2.94. The Morgan fingerprint density at radius 1 is 0.703 bits per heavy atom. The molecule has 0 radical (unpaired) electrons. The van der Waals surface area contributed by atoms with E-state index < -0.39 is 5.60 Å². The van der Waals surface area contributed by atoms with Crippen molar-refractivity contribution >= 4 is 0 Å². The lowest BCUT2D eigenvalue weighted by atomic mass is 9.72. The first kappa shape index (κ1) is 26.5. The molecule has 0 aliphatic carbocycles. The second kappa shape index (κ2) is 12.6. The van der Waals surface area contributed by atoms with E-state index >= 15 is 0 Å². The summed E-state index contributed by atoms with van der Waals surface area (Å²) < 4.78 is 11.9. The van der Waals surface area contributed by atoms with E-state index in [9.17, 15) is 5.11 Å². The Morgan fingerprint density at radius 2 is 1.22 bits per heavy atom. The van der Waals surface area contributed by atoms with Crippen molar-refractivity contribution in [3.05, 3.63) is 131 Å². The molecule has 0 saturated carbocycles. The second-order valence-electron chi connectivity index (χ2n) is 9.61. The number of benzene rings is 4. The monoisotopic (exact) mass is 495 g/mol. The standard InChI is InChI=1S/C33H37NO3/c1-4-32(27-13-9-6-10-14-27)33(35,28-15-19-30(20-16-28)36-24-23-34(2)3)29-17-21-31(22-18-29)37-25-26-11-7-5-8-12-26/h5-22,32,35H,4,23-25H2,1-3H3. The molecule has 0 fully saturated rings. The first-order valence-corrected chi connectivity index (χ1v) is 12.9. The van der Waals surface area contributed by atoms with Gasteiger partial charge in [0.1, 0.15) is 30.3 Å². The molecule has 1 N–H and O–H groups in total. The van der Waals surface area contributed by atoms with Crippen LogP contribution in [0.4, 0.5) is 0 Å². The normalized spacial score (nSPS) is 13.6. The predicted octanol–water partition coefficient (Wildman–Crippen LogP) is 6.64. The molecule has 2 atom stereocenters. The molecule has 0 heterocycles. The molecule has 0 saturated heterocycles.